The van der Waals surface area contributed by atoms with Gasteiger partial charge in [-0.3, -0.25) is 5.41 Å². The SMILES string of the molecule is CCN(CCC(=N)N)c1ncc(Br)c(OC)n1. The smallest absolute Gasteiger partial charge is 0.232 e. The molecule has 1 aromatic rings. The van der Waals surface area contributed by atoms with Gasteiger partial charge in [-0.15, -0.1) is 0 Å². The molecule has 0 radical (unpaired) electrons. The minimum Gasteiger partial charge on any atom is -0.480 e. The van der Waals surface area contributed by atoms with Crippen LogP contribution in [-0.2, 0) is 0 Å². The number of amidine groups is 1. The number of halogens is 1. The molecule has 3 N–H and O–H groups in total. The van der Waals surface area contributed by atoms with E-state index in [1.54, 1.807) is 13.3 Å². The molecule has 7 heteroatoms. The molecule has 0 amide bonds. The number of nitrogens with zero attached hydrogens (tertiary/aromatic N) is 3. The topological polar surface area (TPSA) is 88.1 Å². The van der Waals surface area contributed by atoms with Gasteiger partial charge in [0, 0.05) is 19.5 Å². The van der Waals surface area contributed by atoms with Gasteiger partial charge in [0.1, 0.15) is 0 Å². The maximum absolute atomic E-state index is 7.22. The fraction of sp³-hybridized carbons (Fsp3) is 0.500. The van der Waals surface area contributed by atoms with E-state index >= 15 is 0 Å². The largest absolute Gasteiger partial charge is 0.480 e. The molecule has 0 fully saturated rings. The van der Waals surface area contributed by atoms with Crippen LogP contribution < -0.4 is 15.4 Å². The lowest BCUT2D eigenvalue weighted by Gasteiger charge is -2.20. The molecule has 1 heterocycles. The molecule has 0 aliphatic heterocycles. The van der Waals surface area contributed by atoms with Crippen LogP contribution in [0.1, 0.15) is 13.3 Å². The van der Waals surface area contributed by atoms with Gasteiger partial charge in [-0.1, -0.05) is 0 Å². The maximum atomic E-state index is 7.22. The molecular weight excluding hydrogens is 286 g/mol. The molecular formula is C10H16BrN5O. The van der Waals surface area contributed by atoms with E-state index in [1.165, 1.54) is 0 Å². The zero-order valence-electron chi connectivity index (χ0n) is 9.90. The van der Waals surface area contributed by atoms with Crippen LogP contribution in [0, 0.1) is 5.41 Å². The zero-order chi connectivity index (χ0) is 12.8. The van der Waals surface area contributed by atoms with Crippen molar-refractivity contribution < 1.29 is 4.74 Å². The molecule has 0 spiro atoms. The number of anilines is 1. The average molecular weight is 302 g/mol. The summed E-state index contributed by atoms with van der Waals surface area (Å²) in [6.07, 6.45) is 2.15. The quantitative estimate of drug-likeness (QED) is 0.612. The van der Waals surface area contributed by atoms with Crippen LogP contribution in [0.2, 0.25) is 0 Å². The van der Waals surface area contributed by atoms with Crippen LogP contribution in [0.5, 0.6) is 5.88 Å². The van der Waals surface area contributed by atoms with Crippen molar-refractivity contribution in [1.82, 2.24) is 9.97 Å². The van der Waals surface area contributed by atoms with Crippen molar-refractivity contribution >= 4 is 27.7 Å². The number of methoxy groups -OCH3 is 1. The summed E-state index contributed by atoms with van der Waals surface area (Å²) in [7, 11) is 1.56. The number of rotatable bonds is 6. The number of hydrogen-bond acceptors (Lipinski definition) is 5. The van der Waals surface area contributed by atoms with Crippen LogP contribution in [0.3, 0.4) is 0 Å². The number of hydrogen-bond donors (Lipinski definition) is 2. The summed E-state index contributed by atoms with van der Waals surface area (Å²) in [5.74, 6) is 1.23. The first kappa shape index (κ1) is 13.7. The zero-order valence-corrected chi connectivity index (χ0v) is 11.5. The van der Waals surface area contributed by atoms with Crippen LogP contribution in [0.25, 0.3) is 0 Å². The minimum absolute atomic E-state index is 0.160. The van der Waals surface area contributed by atoms with Crippen molar-refractivity contribution in [3.8, 4) is 5.88 Å². The van der Waals surface area contributed by atoms with Gasteiger partial charge in [-0.25, -0.2) is 4.98 Å². The Morgan fingerprint density at radius 3 is 2.88 bits per heavy atom. The van der Waals surface area contributed by atoms with Gasteiger partial charge < -0.3 is 15.4 Å². The molecule has 17 heavy (non-hydrogen) atoms. The molecule has 0 atom stereocenters. The standard InChI is InChI=1S/C10H16BrN5O/c1-3-16(5-4-8(12)13)10-14-6-7(11)9(15-10)17-2/h6H,3-5H2,1-2H3,(H3,12,13). The van der Waals surface area contributed by atoms with Crippen molar-refractivity contribution in [1.29, 1.82) is 5.41 Å². The molecule has 6 nitrogen and oxygen atoms in total. The lowest BCUT2D eigenvalue weighted by atomic mass is 10.3. The average Bonchev–Trinajstić information content (AvgIpc) is 2.31. The van der Waals surface area contributed by atoms with Gasteiger partial charge >= 0.3 is 0 Å². The summed E-state index contributed by atoms with van der Waals surface area (Å²) < 4.78 is 5.83. The maximum Gasteiger partial charge on any atom is 0.232 e. The third-order valence-corrected chi connectivity index (χ3v) is 2.75. The second kappa shape index (κ2) is 6.39. The van der Waals surface area contributed by atoms with Gasteiger partial charge in [0.2, 0.25) is 11.8 Å². The van der Waals surface area contributed by atoms with E-state index in [0.29, 0.717) is 29.3 Å². The Kier molecular flexibility index (Phi) is 5.14. The highest BCUT2D eigenvalue weighted by atomic mass is 79.9. The van der Waals surface area contributed by atoms with E-state index in [-0.39, 0.29) is 5.84 Å². The lowest BCUT2D eigenvalue weighted by Crippen LogP contribution is -2.29. The predicted molar refractivity (Wildman–Crippen MR) is 70.7 cm³/mol. The molecule has 0 unspecified atom stereocenters. The summed E-state index contributed by atoms with van der Waals surface area (Å²) in [5.41, 5.74) is 5.34. The van der Waals surface area contributed by atoms with E-state index in [9.17, 15) is 0 Å². The highest BCUT2D eigenvalue weighted by Gasteiger charge is 2.11. The van der Waals surface area contributed by atoms with Crippen molar-refractivity contribution in [3.05, 3.63) is 10.7 Å². The molecule has 0 saturated carbocycles. The molecule has 94 valence electrons. The van der Waals surface area contributed by atoms with Gasteiger partial charge in [0.05, 0.1) is 23.6 Å². The molecule has 0 aromatic carbocycles. The van der Waals surface area contributed by atoms with Crippen molar-refractivity contribution in [2.75, 3.05) is 25.1 Å². The monoisotopic (exact) mass is 301 g/mol. The fourth-order valence-electron chi connectivity index (χ4n) is 1.29. The van der Waals surface area contributed by atoms with Crippen LogP contribution in [-0.4, -0.2) is 36.0 Å². The van der Waals surface area contributed by atoms with Crippen LogP contribution in [0.4, 0.5) is 5.95 Å². The van der Waals surface area contributed by atoms with E-state index in [0.717, 1.165) is 6.54 Å². The van der Waals surface area contributed by atoms with Crippen molar-refractivity contribution in [2.24, 2.45) is 5.73 Å². The van der Waals surface area contributed by atoms with Gasteiger partial charge in [-0.2, -0.15) is 4.98 Å². The Hall–Kier alpha value is -1.37. The third kappa shape index (κ3) is 3.85. The normalized spacial score (nSPS) is 10.1. The Morgan fingerprint density at radius 1 is 1.65 bits per heavy atom. The summed E-state index contributed by atoms with van der Waals surface area (Å²) >= 11 is 3.30. The Morgan fingerprint density at radius 2 is 2.35 bits per heavy atom. The molecule has 0 aliphatic carbocycles. The Balaban J connectivity index is 2.84. The Labute approximate surface area is 109 Å². The first-order valence-electron chi connectivity index (χ1n) is 5.22. The number of aromatic nitrogens is 2. The molecule has 0 bridgehead atoms. The van der Waals surface area contributed by atoms with E-state index < -0.39 is 0 Å². The van der Waals surface area contributed by atoms with Crippen molar-refractivity contribution in [2.45, 2.75) is 13.3 Å². The number of nitrogens with two attached hydrogens (primary N) is 1. The summed E-state index contributed by atoms with van der Waals surface area (Å²) in [6, 6.07) is 0. The molecule has 0 aliphatic rings. The fourth-order valence-corrected chi connectivity index (χ4v) is 1.65. The van der Waals surface area contributed by atoms with Crippen LogP contribution in [0.15, 0.2) is 10.7 Å². The van der Waals surface area contributed by atoms with Gasteiger partial charge in [0.15, 0.2) is 0 Å². The summed E-state index contributed by atoms with van der Waals surface area (Å²) in [4.78, 5) is 10.4. The number of nitrogens with one attached hydrogen (secondary N) is 1. The minimum atomic E-state index is 0.160. The van der Waals surface area contributed by atoms with E-state index in [1.807, 2.05) is 11.8 Å². The second-order valence-electron chi connectivity index (χ2n) is 3.38. The lowest BCUT2D eigenvalue weighted by molar-refractivity contribution is 0.393. The summed E-state index contributed by atoms with van der Waals surface area (Å²) in [6.45, 7) is 3.37. The molecule has 1 rings (SSSR count). The molecule has 0 saturated heterocycles. The summed E-state index contributed by atoms with van der Waals surface area (Å²) in [5, 5.41) is 7.22. The van der Waals surface area contributed by atoms with Crippen LogP contribution >= 0.6 is 15.9 Å². The first-order chi connectivity index (χ1) is 8.08. The highest BCUT2D eigenvalue weighted by Crippen LogP contribution is 2.23. The van der Waals surface area contributed by atoms with E-state index in [2.05, 4.69) is 25.9 Å². The second-order valence-corrected chi connectivity index (χ2v) is 4.24. The van der Waals surface area contributed by atoms with Gasteiger partial charge in [-0.05, 0) is 22.9 Å². The predicted octanol–water partition coefficient (Wildman–Crippen LogP) is 1.40. The third-order valence-electron chi connectivity index (χ3n) is 2.21. The Bertz CT molecular complexity index is 398. The molecule has 1 aromatic heterocycles. The first-order valence-corrected chi connectivity index (χ1v) is 6.02. The van der Waals surface area contributed by atoms with Crippen molar-refractivity contribution in [3.63, 3.8) is 0 Å². The van der Waals surface area contributed by atoms with Gasteiger partial charge in [0.25, 0.3) is 0 Å². The van der Waals surface area contributed by atoms with E-state index in [4.69, 9.17) is 15.9 Å². The number of ether oxygens (including phenoxy) is 1. The highest BCUT2D eigenvalue weighted by molar-refractivity contribution is 9.10.